The molecule has 0 fully saturated rings. The van der Waals surface area contributed by atoms with E-state index in [1.165, 1.54) is 18.2 Å². The number of hydrogen-bond acceptors (Lipinski definition) is 1. The smallest absolute Gasteiger partial charge is 0.150 e. The maximum absolute atomic E-state index is 13.5. The van der Waals surface area contributed by atoms with E-state index in [1.807, 2.05) is 20.8 Å². The zero-order valence-corrected chi connectivity index (χ0v) is 8.02. The SMILES string of the molecule is [2H]C(=O)c1cccc(F)c1C(C)(C)C. The average Bonchev–Trinajstić information content (AvgIpc) is 2.01. The Kier molecular flexibility index (Phi) is 2.13. The van der Waals surface area contributed by atoms with Crippen molar-refractivity contribution in [3.63, 3.8) is 0 Å². The first-order valence-corrected chi connectivity index (χ1v) is 4.14. The van der Waals surface area contributed by atoms with E-state index in [-0.39, 0.29) is 5.56 Å². The van der Waals surface area contributed by atoms with Crippen molar-refractivity contribution in [1.82, 2.24) is 0 Å². The van der Waals surface area contributed by atoms with Gasteiger partial charge >= 0.3 is 0 Å². The summed E-state index contributed by atoms with van der Waals surface area (Å²) in [7, 11) is 0. The van der Waals surface area contributed by atoms with Gasteiger partial charge < -0.3 is 0 Å². The molecule has 0 bridgehead atoms. The summed E-state index contributed by atoms with van der Waals surface area (Å²) in [6.45, 7) is 5.45. The first kappa shape index (κ1) is 8.42. The zero-order chi connectivity index (χ0) is 10.9. The fraction of sp³-hybridized carbons (Fsp3) is 0.364. The molecule has 1 aromatic carbocycles. The number of hydrogen-bond donors (Lipinski definition) is 0. The van der Waals surface area contributed by atoms with Crippen molar-refractivity contribution < 1.29 is 10.6 Å². The van der Waals surface area contributed by atoms with Crippen LogP contribution in [0.3, 0.4) is 0 Å². The summed E-state index contributed by atoms with van der Waals surface area (Å²) in [6, 6.07) is 4.25. The Bertz CT molecular complexity index is 366. The lowest BCUT2D eigenvalue weighted by atomic mass is 9.83. The maximum atomic E-state index is 13.5. The Morgan fingerprint density at radius 3 is 2.46 bits per heavy atom. The minimum absolute atomic E-state index is 0.150. The zero-order valence-electron chi connectivity index (χ0n) is 9.02. The molecule has 0 spiro atoms. The van der Waals surface area contributed by atoms with Crippen molar-refractivity contribution in [2.75, 3.05) is 0 Å². The van der Waals surface area contributed by atoms with Gasteiger partial charge in [0.05, 0.1) is 0 Å². The van der Waals surface area contributed by atoms with Gasteiger partial charge in [-0.05, 0) is 11.5 Å². The van der Waals surface area contributed by atoms with E-state index in [1.54, 1.807) is 0 Å². The van der Waals surface area contributed by atoms with Crippen molar-refractivity contribution in [3.05, 3.63) is 35.1 Å². The minimum atomic E-state index is -0.838. The topological polar surface area (TPSA) is 17.1 Å². The van der Waals surface area contributed by atoms with E-state index in [4.69, 9.17) is 1.37 Å². The molecule has 1 nitrogen and oxygen atoms in total. The molecule has 0 amide bonds. The molecule has 0 saturated heterocycles. The van der Waals surface area contributed by atoms with E-state index >= 15 is 0 Å². The molecule has 0 radical (unpaired) electrons. The second kappa shape index (κ2) is 3.29. The van der Waals surface area contributed by atoms with Crippen LogP contribution < -0.4 is 0 Å². The second-order valence-electron chi connectivity index (χ2n) is 4.01. The van der Waals surface area contributed by atoms with Gasteiger partial charge in [-0.15, -0.1) is 0 Å². The van der Waals surface area contributed by atoms with Gasteiger partial charge in [-0.25, -0.2) is 4.39 Å². The van der Waals surface area contributed by atoms with Crippen LogP contribution in [0.4, 0.5) is 4.39 Å². The molecule has 1 rings (SSSR count). The average molecular weight is 181 g/mol. The quantitative estimate of drug-likeness (QED) is 0.609. The summed E-state index contributed by atoms with van der Waals surface area (Å²) >= 11 is 0. The number of benzene rings is 1. The molecule has 0 unspecified atom stereocenters. The number of carbonyl (C=O) groups excluding carboxylic acids is 1. The van der Waals surface area contributed by atoms with Crippen molar-refractivity contribution >= 4 is 6.26 Å². The summed E-state index contributed by atoms with van der Waals surface area (Å²) < 4.78 is 20.5. The van der Waals surface area contributed by atoms with E-state index in [0.717, 1.165) is 0 Å². The van der Waals surface area contributed by atoms with Crippen LogP contribution in [0.5, 0.6) is 0 Å². The van der Waals surface area contributed by atoms with Crippen LogP contribution in [-0.4, -0.2) is 6.26 Å². The third-order valence-corrected chi connectivity index (χ3v) is 1.87. The Morgan fingerprint density at radius 1 is 1.46 bits per heavy atom. The van der Waals surface area contributed by atoms with Gasteiger partial charge in [-0.2, -0.15) is 0 Å². The number of rotatable bonds is 1. The van der Waals surface area contributed by atoms with Gasteiger partial charge in [0, 0.05) is 11.1 Å². The van der Waals surface area contributed by atoms with Crippen LogP contribution >= 0.6 is 0 Å². The largest absolute Gasteiger partial charge is 0.298 e. The van der Waals surface area contributed by atoms with Crippen molar-refractivity contribution in [3.8, 4) is 0 Å². The van der Waals surface area contributed by atoms with Crippen molar-refractivity contribution in [2.45, 2.75) is 26.2 Å². The van der Waals surface area contributed by atoms with E-state index in [2.05, 4.69) is 0 Å². The predicted molar refractivity (Wildman–Crippen MR) is 50.5 cm³/mol. The van der Waals surface area contributed by atoms with Crippen LogP contribution in [0.15, 0.2) is 18.2 Å². The molecule has 0 heterocycles. The van der Waals surface area contributed by atoms with Crippen LogP contribution in [0.1, 0.15) is 38.1 Å². The van der Waals surface area contributed by atoms with Gasteiger partial charge in [0.25, 0.3) is 0 Å². The van der Waals surface area contributed by atoms with Gasteiger partial charge in [0.15, 0.2) is 0 Å². The first-order chi connectivity index (χ1) is 6.34. The van der Waals surface area contributed by atoms with Crippen molar-refractivity contribution in [1.29, 1.82) is 0 Å². The van der Waals surface area contributed by atoms with Crippen LogP contribution in [-0.2, 0) is 5.41 Å². The summed E-state index contributed by atoms with van der Waals surface area (Å²) in [6.07, 6.45) is -0.838. The van der Waals surface area contributed by atoms with Gasteiger partial charge in [-0.1, -0.05) is 32.9 Å². The molecule has 0 N–H and O–H groups in total. The molecule has 13 heavy (non-hydrogen) atoms. The summed E-state index contributed by atoms with van der Waals surface area (Å²) in [4.78, 5) is 11.0. The van der Waals surface area contributed by atoms with Crippen LogP contribution in [0, 0.1) is 5.82 Å². The lowest BCUT2D eigenvalue weighted by Crippen LogP contribution is -2.16. The summed E-state index contributed by atoms with van der Waals surface area (Å²) in [5.41, 5.74) is 0.00898. The fourth-order valence-corrected chi connectivity index (χ4v) is 1.37. The van der Waals surface area contributed by atoms with Gasteiger partial charge in [0.1, 0.15) is 13.5 Å². The monoisotopic (exact) mass is 181 g/mol. The molecule has 0 atom stereocenters. The molecule has 1 aromatic rings. The molecular formula is C11H13FO. The standard InChI is InChI=1S/C11H13FO/c1-11(2,3)10-8(7-13)5-4-6-9(10)12/h4-7H,1-3H3/i7D. The Hall–Kier alpha value is -1.18. The van der Waals surface area contributed by atoms with Crippen LogP contribution in [0.2, 0.25) is 0 Å². The highest BCUT2D eigenvalue weighted by atomic mass is 19.1. The lowest BCUT2D eigenvalue weighted by molar-refractivity contribution is 0.112. The third kappa shape index (κ3) is 1.94. The number of carbonyl (C=O) groups is 1. The third-order valence-electron chi connectivity index (χ3n) is 1.87. The highest BCUT2D eigenvalue weighted by Crippen LogP contribution is 2.27. The fourth-order valence-electron chi connectivity index (χ4n) is 1.37. The lowest BCUT2D eigenvalue weighted by Gasteiger charge is -2.21. The normalized spacial score (nSPS) is 12.5. The molecule has 2 heteroatoms. The van der Waals surface area contributed by atoms with Crippen molar-refractivity contribution in [2.24, 2.45) is 0 Å². The van der Waals surface area contributed by atoms with Gasteiger partial charge in [0.2, 0.25) is 0 Å². The summed E-state index contributed by atoms with van der Waals surface area (Å²) in [5.74, 6) is -0.421. The molecule has 0 aromatic heterocycles. The molecular weight excluding hydrogens is 167 g/mol. The molecule has 0 aliphatic carbocycles. The Morgan fingerprint density at radius 2 is 2.08 bits per heavy atom. The minimum Gasteiger partial charge on any atom is -0.298 e. The first-order valence-electron chi connectivity index (χ1n) is 4.64. The predicted octanol–water partition coefficient (Wildman–Crippen LogP) is 2.94. The molecule has 0 saturated carbocycles. The molecule has 0 aliphatic heterocycles. The number of aldehydes is 1. The molecule has 70 valence electrons. The van der Waals surface area contributed by atoms with Gasteiger partial charge in [-0.3, -0.25) is 4.79 Å². The van der Waals surface area contributed by atoms with E-state index < -0.39 is 17.5 Å². The highest BCUT2D eigenvalue weighted by molar-refractivity contribution is 5.78. The van der Waals surface area contributed by atoms with E-state index in [0.29, 0.717) is 5.56 Å². The van der Waals surface area contributed by atoms with E-state index in [9.17, 15) is 9.18 Å². The highest BCUT2D eigenvalue weighted by Gasteiger charge is 2.21. The summed E-state index contributed by atoms with van der Waals surface area (Å²) in [5, 5.41) is 0. The Balaban J connectivity index is 3.45. The van der Waals surface area contributed by atoms with Crippen LogP contribution in [0.25, 0.3) is 0 Å². The Labute approximate surface area is 79.0 Å². The molecule has 0 aliphatic rings. The number of halogens is 1. The second-order valence-corrected chi connectivity index (χ2v) is 4.01. The maximum Gasteiger partial charge on any atom is 0.150 e.